The molecule has 1 heterocycles. The zero-order chi connectivity index (χ0) is 15.1. The van der Waals surface area contributed by atoms with Gasteiger partial charge in [-0.1, -0.05) is 20.8 Å². The first-order chi connectivity index (χ1) is 9.33. The first-order valence-electron chi connectivity index (χ1n) is 8.20. The summed E-state index contributed by atoms with van der Waals surface area (Å²) in [5.74, 6) is 0. The Balaban J connectivity index is 1.97. The molecule has 1 aliphatic heterocycles. The van der Waals surface area contributed by atoms with Crippen LogP contribution in [0.25, 0.3) is 0 Å². The van der Waals surface area contributed by atoms with Crippen LogP contribution in [-0.4, -0.2) is 34.4 Å². The minimum Gasteiger partial charge on any atom is -0.417 e. The van der Waals surface area contributed by atoms with Crippen LogP contribution < -0.4 is 0 Å². The maximum atomic E-state index is 6.16. The summed E-state index contributed by atoms with van der Waals surface area (Å²) in [6.07, 6.45) is 6.99. The predicted molar refractivity (Wildman–Crippen MR) is 86.5 cm³/mol. The van der Waals surface area contributed by atoms with Crippen LogP contribution in [0.15, 0.2) is 0 Å². The molecule has 0 amide bonds. The molecule has 1 unspecified atom stereocenters. The first-order valence-corrected chi connectivity index (χ1v) is 11.1. The minimum absolute atomic E-state index is 0.0623. The fraction of sp³-hybridized carbons (Fsp3) is 1.00. The van der Waals surface area contributed by atoms with Crippen LogP contribution in [0.5, 0.6) is 0 Å². The topological polar surface area (TPSA) is 27.7 Å². The van der Waals surface area contributed by atoms with Crippen LogP contribution >= 0.6 is 0 Å². The van der Waals surface area contributed by atoms with E-state index >= 15 is 0 Å². The average Bonchev–Trinajstić information content (AvgIpc) is 2.37. The standard InChI is InChI=1S/C16H34O3Si/c1-16(2,3)20(4,5)19-14-9-6-8-12-17-15-11-7-10-13-18-15/h15H,6-14H2,1-5H3. The molecule has 0 bridgehead atoms. The van der Waals surface area contributed by atoms with Crippen molar-refractivity contribution in [1.82, 2.24) is 0 Å². The van der Waals surface area contributed by atoms with E-state index in [4.69, 9.17) is 13.9 Å². The fourth-order valence-corrected chi connectivity index (χ4v) is 3.07. The lowest BCUT2D eigenvalue weighted by atomic mass is 10.2. The quantitative estimate of drug-likeness (QED) is 0.479. The van der Waals surface area contributed by atoms with E-state index in [1.54, 1.807) is 0 Å². The molecule has 0 N–H and O–H groups in total. The highest BCUT2D eigenvalue weighted by Gasteiger charge is 2.36. The Morgan fingerprint density at radius 3 is 2.35 bits per heavy atom. The van der Waals surface area contributed by atoms with Crippen molar-refractivity contribution in [2.24, 2.45) is 0 Å². The number of hydrogen-bond donors (Lipinski definition) is 0. The Morgan fingerprint density at radius 1 is 1.05 bits per heavy atom. The van der Waals surface area contributed by atoms with Gasteiger partial charge in [-0.25, -0.2) is 0 Å². The van der Waals surface area contributed by atoms with E-state index in [2.05, 4.69) is 33.9 Å². The molecule has 1 saturated heterocycles. The Morgan fingerprint density at radius 2 is 1.75 bits per heavy atom. The fourth-order valence-electron chi connectivity index (χ4n) is 1.98. The van der Waals surface area contributed by atoms with Gasteiger partial charge in [-0.2, -0.15) is 0 Å². The second kappa shape index (κ2) is 8.52. The summed E-state index contributed by atoms with van der Waals surface area (Å²) in [6, 6.07) is 0. The second-order valence-electron chi connectivity index (χ2n) is 7.34. The largest absolute Gasteiger partial charge is 0.417 e. The van der Waals surface area contributed by atoms with Gasteiger partial charge in [0.2, 0.25) is 0 Å². The monoisotopic (exact) mass is 302 g/mol. The molecule has 1 aliphatic rings. The molecule has 20 heavy (non-hydrogen) atoms. The van der Waals surface area contributed by atoms with Crippen molar-refractivity contribution >= 4 is 8.32 Å². The smallest absolute Gasteiger partial charge is 0.191 e. The highest BCUT2D eigenvalue weighted by atomic mass is 28.4. The molecule has 4 heteroatoms. The molecule has 120 valence electrons. The zero-order valence-electron chi connectivity index (χ0n) is 14.2. The number of unbranched alkanes of at least 4 members (excludes halogenated alkanes) is 2. The van der Waals surface area contributed by atoms with Crippen LogP contribution in [-0.2, 0) is 13.9 Å². The molecule has 1 rings (SSSR count). The predicted octanol–water partition coefficient (Wildman–Crippen LogP) is 4.72. The van der Waals surface area contributed by atoms with Crippen molar-refractivity contribution in [3.63, 3.8) is 0 Å². The van der Waals surface area contributed by atoms with Crippen molar-refractivity contribution in [2.45, 2.75) is 83.7 Å². The van der Waals surface area contributed by atoms with Gasteiger partial charge in [0.25, 0.3) is 0 Å². The van der Waals surface area contributed by atoms with Crippen molar-refractivity contribution in [3.8, 4) is 0 Å². The van der Waals surface area contributed by atoms with Crippen LogP contribution in [0.1, 0.15) is 59.3 Å². The van der Waals surface area contributed by atoms with E-state index in [1.807, 2.05) is 0 Å². The third-order valence-electron chi connectivity index (χ3n) is 4.50. The highest BCUT2D eigenvalue weighted by Crippen LogP contribution is 2.36. The summed E-state index contributed by atoms with van der Waals surface area (Å²) in [7, 11) is -1.55. The second-order valence-corrected chi connectivity index (χ2v) is 12.1. The van der Waals surface area contributed by atoms with Gasteiger partial charge >= 0.3 is 0 Å². The van der Waals surface area contributed by atoms with E-state index in [0.29, 0.717) is 5.04 Å². The van der Waals surface area contributed by atoms with Crippen molar-refractivity contribution in [2.75, 3.05) is 19.8 Å². The van der Waals surface area contributed by atoms with Crippen molar-refractivity contribution in [1.29, 1.82) is 0 Å². The maximum Gasteiger partial charge on any atom is 0.191 e. The lowest BCUT2D eigenvalue weighted by Gasteiger charge is -2.36. The van der Waals surface area contributed by atoms with Gasteiger partial charge in [-0.15, -0.1) is 0 Å². The van der Waals surface area contributed by atoms with Gasteiger partial charge in [0.15, 0.2) is 14.6 Å². The van der Waals surface area contributed by atoms with E-state index in [-0.39, 0.29) is 6.29 Å². The molecule has 0 aromatic heterocycles. The Labute approximate surface area is 126 Å². The van der Waals surface area contributed by atoms with Crippen LogP contribution in [0, 0.1) is 0 Å². The normalized spacial score (nSPS) is 21.1. The van der Waals surface area contributed by atoms with E-state index < -0.39 is 8.32 Å². The van der Waals surface area contributed by atoms with Crippen LogP contribution in [0.4, 0.5) is 0 Å². The van der Waals surface area contributed by atoms with Gasteiger partial charge in [0.1, 0.15) is 0 Å². The minimum atomic E-state index is -1.55. The van der Waals surface area contributed by atoms with Gasteiger partial charge in [-0.3, -0.25) is 0 Å². The van der Waals surface area contributed by atoms with Crippen LogP contribution in [0.2, 0.25) is 18.1 Å². The molecule has 0 aliphatic carbocycles. The van der Waals surface area contributed by atoms with Crippen LogP contribution in [0.3, 0.4) is 0 Å². The lowest BCUT2D eigenvalue weighted by Crippen LogP contribution is -2.40. The van der Waals surface area contributed by atoms with Crippen molar-refractivity contribution in [3.05, 3.63) is 0 Å². The zero-order valence-corrected chi connectivity index (χ0v) is 15.2. The average molecular weight is 303 g/mol. The summed E-state index contributed by atoms with van der Waals surface area (Å²) in [5.41, 5.74) is 0. The summed E-state index contributed by atoms with van der Waals surface area (Å²) in [4.78, 5) is 0. The Bertz CT molecular complexity index is 255. The molecule has 1 fully saturated rings. The Kier molecular flexibility index (Phi) is 7.73. The molecule has 0 spiro atoms. The molecule has 0 radical (unpaired) electrons. The van der Waals surface area contributed by atoms with Gasteiger partial charge in [0, 0.05) is 19.8 Å². The van der Waals surface area contributed by atoms with Crippen molar-refractivity contribution < 1.29 is 13.9 Å². The summed E-state index contributed by atoms with van der Waals surface area (Å²) >= 11 is 0. The van der Waals surface area contributed by atoms with Gasteiger partial charge in [-0.05, 0) is 56.7 Å². The molecule has 0 aromatic rings. The molecule has 0 saturated carbocycles. The third-order valence-corrected chi connectivity index (χ3v) is 9.04. The number of ether oxygens (including phenoxy) is 2. The Hall–Kier alpha value is 0.0969. The first kappa shape index (κ1) is 18.1. The van der Waals surface area contributed by atoms with E-state index in [0.717, 1.165) is 39.1 Å². The van der Waals surface area contributed by atoms with E-state index in [9.17, 15) is 0 Å². The maximum absolute atomic E-state index is 6.16. The number of rotatable bonds is 8. The highest BCUT2D eigenvalue weighted by molar-refractivity contribution is 6.74. The van der Waals surface area contributed by atoms with Gasteiger partial charge in [0.05, 0.1) is 0 Å². The SMILES string of the molecule is CC(C)(C)[Si](C)(C)OCCCCCOC1CCCCO1. The molecule has 3 nitrogen and oxygen atoms in total. The molecular weight excluding hydrogens is 268 g/mol. The molecular formula is C16H34O3Si. The summed E-state index contributed by atoms with van der Waals surface area (Å²) < 4.78 is 17.4. The third kappa shape index (κ3) is 6.70. The molecule has 0 aromatic carbocycles. The summed E-state index contributed by atoms with van der Waals surface area (Å²) in [5, 5.41) is 0.314. The number of hydrogen-bond acceptors (Lipinski definition) is 3. The van der Waals surface area contributed by atoms with E-state index in [1.165, 1.54) is 19.3 Å². The summed E-state index contributed by atoms with van der Waals surface area (Å²) in [6.45, 7) is 14.1. The lowest BCUT2D eigenvalue weighted by molar-refractivity contribution is -0.162. The molecule has 1 atom stereocenters. The van der Waals surface area contributed by atoms with Gasteiger partial charge < -0.3 is 13.9 Å².